The first-order chi connectivity index (χ1) is 5.00. The van der Waals surface area contributed by atoms with Crippen LogP contribution in [0, 0.1) is 0 Å². The zero-order chi connectivity index (χ0) is 9.02. The zero-order valence-corrected chi connectivity index (χ0v) is 6.27. The van der Waals surface area contributed by atoms with E-state index in [2.05, 4.69) is 0 Å². The number of hydrogen-bond donors (Lipinski definition) is 4. The summed E-state index contributed by atoms with van der Waals surface area (Å²) in [5.41, 5.74) is 5.17. The number of rotatable bonds is 4. The van der Waals surface area contributed by atoms with Crippen molar-refractivity contribution in [2.24, 2.45) is 5.73 Å². The molecule has 0 aliphatic rings. The van der Waals surface area contributed by atoms with E-state index in [9.17, 15) is 4.79 Å². The van der Waals surface area contributed by atoms with Gasteiger partial charge < -0.3 is 21.1 Å². The molecule has 0 spiro atoms. The Kier molecular flexibility index (Phi) is 4.20. The van der Waals surface area contributed by atoms with Crippen molar-refractivity contribution in [3.8, 4) is 0 Å². The molecule has 0 rings (SSSR count). The highest BCUT2D eigenvalue weighted by molar-refractivity contribution is 5.88. The molecule has 0 bridgehead atoms. The van der Waals surface area contributed by atoms with Gasteiger partial charge in [0.25, 0.3) is 0 Å². The fraction of sp³-hybridized carbons (Fsp3) is 0.833. The molecule has 0 fully saturated rings. The van der Waals surface area contributed by atoms with Gasteiger partial charge in [0.2, 0.25) is 0 Å². The molecule has 5 nitrogen and oxygen atoms in total. The quantitative estimate of drug-likeness (QED) is 0.370. The van der Waals surface area contributed by atoms with Crippen LogP contribution in [-0.4, -0.2) is 46.0 Å². The third-order valence-corrected chi connectivity index (χ3v) is 1.35. The number of hydrogen-bond acceptors (Lipinski definition) is 5. The summed E-state index contributed by atoms with van der Waals surface area (Å²) in [4.78, 5) is 10.8. The molecule has 0 aliphatic heterocycles. The van der Waals surface area contributed by atoms with Gasteiger partial charge in [0.15, 0.2) is 5.78 Å². The molecule has 5 heteroatoms. The van der Waals surface area contributed by atoms with E-state index in [0.717, 1.165) is 0 Å². The molecule has 5 N–H and O–H groups in total. The Morgan fingerprint density at radius 3 is 2.27 bits per heavy atom. The van der Waals surface area contributed by atoms with E-state index >= 15 is 0 Å². The number of aliphatic hydroxyl groups excluding tert-OH is 3. The average Bonchev–Trinajstić information content (AvgIpc) is 2.00. The number of aliphatic hydroxyl groups is 3. The van der Waals surface area contributed by atoms with E-state index in [0.29, 0.717) is 0 Å². The van der Waals surface area contributed by atoms with Crippen LogP contribution in [0.2, 0.25) is 0 Å². The molecule has 0 saturated heterocycles. The van der Waals surface area contributed by atoms with Gasteiger partial charge in [-0.1, -0.05) is 0 Å². The normalized spacial score (nSPS) is 19.0. The summed E-state index contributed by atoms with van der Waals surface area (Å²) < 4.78 is 0. The first-order valence-electron chi connectivity index (χ1n) is 3.27. The van der Waals surface area contributed by atoms with Crippen LogP contribution in [0.4, 0.5) is 0 Å². The largest absolute Gasteiger partial charge is 0.393 e. The summed E-state index contributed by atoms with van der Waals surface area (Å²) in [5.74, 6) is -0.748. The number of nitrogens with two attached hydrogens (primary N) is 1. The van der Waals surface area contributed by atoms with Gasteiger partial charge >= 0.3 is 0 Å². The minimum atomic E-state index is -1.49. The summed E-state index contributed by atoms with van der Waals surface area (Å²) in [6, 6.07) is -1.13. The highest BCUT2D eigenvalue weighted by Crippen LogP contribution is 1.95. The van der Waals surface area contributed by atoms with Gasteiger partial charge in [-0.05, 0) is 6.92 Å². The fourth-order valence-corrected chi connectivity index (χ4v) is 0.550. The molecule has 0 aliphatic carbocycles. The monoisotopic (exact) mass is 163 g/mol. The zero-order valence-electron chi connectivity index (χ0n) is 6.27. The van der Waals surface area contributed by atoms with Gasteiger partial charge in [-0.15, -0.1) is 0 Å². The van der Waals surface area contributed by atoms with Gasteiger partial charge in [0, 0.05) is 0 Å². The summed E-state index contributed by atoms with van der Waals surface area (Å²) in [6.07, 6.45) is -2.50. The minimum Gasteiger partial charge on any atom is -0.393 e. The maximum Gasteiger partial charge on any atom is 0.182 e. The second-order valence-corrected chi connectivity index (χ2v) is 2.37. The molecule has 3 unspecified atom stereocenters. The van der Waals surface area contributed by atoms with E-state index in [1.807, 2.05) is 0 Å². The van der Waals surface area contributed by atoms with Crippen LogP contribution in [0.5, 0.6) is 0 Å². The molecule has 3 atom stereocenters. The molecular formula is C6H13NO4. The van der Waals surface area contributed by atoms with E-state index in [-0.39, 0.29) is 0 Å². The third-order valence-electron chi connectivity index (χ3n) is 1.35. The smallest absolute Gasteiger partial charge is 0.182 e. The van der Waals surface area contributed by atoms with E-state index in [1.165, 1.54) is 6.92 Å². The summed E-state index contributed by atoms with van der Waals surface area (Å²) >= 11 is 0. The van der Waals surface area contributed by atoms with Crippen LogP contribution in [0.25, 0.3) is 0 Å². The summed E-state index contributed by atoms with van der Waals surface area (Å²) in [7, 11) is 0. The van der Waals surface area contributed by atoms with Crippen LogP contribution >= 0.6 is 0 Å². The van der Waals surface area contributed by atoms with Crippen LogP contribution in [-0.2, 0) is 4.79 Å². The van der Waals surface area contributed by atoms with Gasteiger partial charge in [-0.2, -0.15) is 0 Å². The van der Waals surface area contributed by atoms with Crippen molar-refractivity contribution in [3.63, 3.8) is 0 Å². The predicted octanol–water partition coefficient (Wildman–Crippen LogP) is -2.38. The van der Waals surface area contributed by atoms with Crippen LogP contribution in [0.3, 0.4) is 0 Å². The van der Waals surface area contributed by atoms with Crippen LogP contribution < -0.4 is 5.73 Å². The average molecular weight is 163 g/mol. The second-order valence-electron chi connectivity index (χ2n) is 2.37. The van der Waals surface area contributed by atoms with E-state index < -0.39 is 30.6 Å². The van der Waals surface area contributed by atoms with Crippen LogP contribution in [0.15, 0.2) is 0 Å². The Morgan fingerprint density at radius 2 is 2.00 bits per heavy atom. The molecule has 0 radical (unpaired) electrons. The van der Waals surface area contributed by atoms with Crippen molar-refractivity contribution in [2.45, 2.75) is 25.2 Å². The molecule has 0 heterocycles. The lowest BCUT2D eigenvalue weighted by Crippen LogP contribution is -2.46. The summed E-state index contributed by atoms with van der Waals surface area (Å²) in [5, 5.41) is 25.9. The third kappa shape index (κ3) is 2.94. The van der Waals surface area contributed by atoms with Crippen molar-refractivity contribution >= 4 is 5.78 Å². The van der Waals surface area contributed by atoms with Crippen molar-refractivity contribution in [1.29, 1.82) is 0 Å². The molecule has 0 aromatic heterocycles. The molecule has 11 heavy (non-hydrogen) atoms. The molecule has 66 valence electrons. The second kappa shape index (κ2) is 4.40. The Hall–Kier alpha value is -0.490. The molecular weight excluding hydrogens is 150 g/mol. The van der Waals surface area contributed by atoms with Crippen molar-refractivity contribution in [3.05, 3.63) is 0 Å². The highest BCUT2D eigenvalue weighted by atomic mass is 16.3. The maximum absolute atomic E-state index is 10.8. The Bertz CT molecular complexity index is 137. The summed E-state index contributed by atoms with van der Waals surface area (Å²) in [6.45, 7) is 0.673. The standard InChI is InChI=1S/C6H13NO4/c1-3(9)5(7)6(11)4(10)2-8/h3-5,8-10H,2,7H2,1H3. The lowest BCUT2D eigenvalue weighted by atomic mass is 10.0. The predicted molar refractivity (Wildman–Crippen MR) is 37.8 cm³/mol. The maximum atomic E-state index is 10.8. The van der Waals surface area contributed by atoms with E-state index in [4.69, 9.17) is 21.1 Å². The van der Waals surface area contributed by atoms with Crippen LogP contribution in [0.1, 0.15) is 6.92 Å². The van der Waals surface area contributed by atoms with Crippen molar-refractivity contribution in [2.75, 3.05) is 6.61 Å². The lowest BCUT2D eigenvalue weighted by Gasteiger charge is -2.15. The molecule has 0 saturated carbocycles. The number of Topliss-reactive ketones (excluding diaryl/α,β-unsaturated/α-hetero) is 1. The first-order valence-corrected chi connectivity index (χ1v) is 3.27. The Labute approximate surface area is 64.4 Å². The van der Waals surface area contributed by atoms with Gasteiger partial charge in [0.1, 0.15) is 6.10 Å². The van der Waals surface area contributed by atoms with E-state index in [1.54, 1.807) is 0 Å². The minimum absolute atomic E-state index is 0.667. The van der Waals surface area contributed by atoms with Crippen molar-refractivity contribution in [1.82, 2.24) is 0 Å². The van der Waals surface area contributed by atoms with Gasteiger partial charge in [-0.25, -0.2) is 0 Å². The van der Waals surface area contributed by atoms with Crippen molar-refractivity contribution < 1.29 is 20.1 Å². The first kappa shape index (κ1) is 10.5. The van der Waals surface area contributed by atoms with Gasteiger partial charge in [0.05, 0.1) is 18.8 Å². The molecule has 0 aromatic rings. The topological polar surface area (TPSA) is 104 Å². The fourth-order valence-electron chi connectivity index (χ4n) is 0.550. The number of carbonyl (C=O) groups is 1. The SMILES string of the molecule is CC(O)C(N)C(=O)C(O)CO. The molecule has 0 aromatic carbocycles. The Balaban J connectivity index is 4.02. The molecule has 0 amide bonds. The number of carbonyl (C=O) groups excluding carboxylic acids is 1. The number of ketones is 1. The lowest BCUT2D eigenvalue weighted by molar-refractivity contribution is -0.132. The van der Waals surface area contributed by atoms with Gasteiger partial charge in [-0.3, -0.25) is 4.79 Å². The Morgan fingerprint density at radius 1 is 1.55 bits per heavy atom. The highest BCUT2D eigenvalue weighted by Gasteiger charge is 2.24.